The lowest BCUT2D eigenvalue weighted by Gasteiger charge is -2.20. The molecule has 2 heteroatoms. The Morgan fingerprint density at radius 2 is 1.81 bits per heavy atom. The second-order valence-electron chi connectivity index (χ2n) is 7.42. The lowest BCUT2D eigenvalue weighted by Crippen LogP contribution is -2.11. The molecule has 1 aliphatic rings. The van der Waals surface area contributed by atoms with Crippen LogP contribution in [0, 0.1) is 5.92 Å². The molecule has 0 bridgehead atoms. The highest BCUT2D eigenvalue weighted by atomic mass is 32.1. The summed E-state index contributed by atoms with van der Waals surface area (Å²) in [5.41, 5.74) is 12.0. The zero-order valence-electron chi connectivity index (χ0n) is 13.5. The van der Waals surface area contributed by atoms with Gasteiger partial charge in [0.15, 0.2) is 0 Å². The average molecular weight is 299 g/mol. The summed E-state index contributed by atoms with van der Waals surface area (Å²) in [7, 11) is 0. The maximum atomic E-state index is 6.34. The first-order chi connectivity index (χ1) is 9.86. The average Bonchev–Trinajstić information content (AvgIpc) is 2.73. The second kappa shape index (κ2) is 5.17. The van der Waals surface area contributed by atoms with Crippen LogP contribution >= 0.6 is 11.3 Å². The van der Waals surface area contributed by atoms with Gasteiger partial charge in [-0.15, -0.1) is 11.3 Å². The molecule has 0 saturated carbocycles. The molecule has 1 aromatic heterocycles. The van der Waals surface area contributed by atoms with E-state index in [2.05, 4.69) is 52.0 Å². The van der Waals surface area contributed by atoms with Crippen molar-refractivity contribution in [3.63, 3.8) is 0 Å². The molecule has 0 saturated heterocycles. The lowest BCUT2D eigenvalue weighted by atomic mass is 9.84. The van der Waals surface area contributed by atoms with Crippen LogP contribution in [0.15, 0.2) is 24.3 Å². The van der Waals surface area contributed by atoms with Gasteiger partial charge < -0.3 is 5.73 Å². The van der Waals surface area contributed by atoms with Gasteiger partial charge in [-0.2, -0.15) is 0 Å². The van der Waals surface area contributed by atoms with Crippen molar-refractivity contribution in [2.45, 2.75) is 52.4 Å². The summed E-state index contributed by atoms with van der Waals surface area (Å²) in [5.74, 6) is 0.798. The van der Waals surface area contributed by atoms with E-state index in [1.54, 1.807) is 11.3 Å². The van der Waals surface area contributed by atoms with Crippen molar-refractivity contribution >= 4 is 16.3 Å². The fourth-order valence-corrected chi connectivity index (χ4v) is 4.53. The summed E-state index contributed by atoms with van der Waals surface area (Å²) >= 11 is 1.80. The van der Waals surface area contributed by atoms with Gasteiger partial charge in [-0.3, -0.25) is 0 Å². The van der Waals surface area contributed by atoms with Gasteiger partial charge in [-0.05, 0) is 47.3 Å². The fraction of sp³-hybridized carbons (Fsp3) is 0.474. The summed E-state index contributed by atoms with van der Waals surface area (Å²) in [6, 6.07) is 9.00. The number of nitrogen functional groups attached to an aromatic ring is 1. The zero-order valence-corrected chi connectivity index (χ0v) is 14.3. The summed E-state index contributed by atoms with van der Waals surface area (Å²) in [6.45, 7) is 9.11. The second-order valence-corrected chi connectivity index (χ2v) is 8.56. The van der Waals surface area contributed by atoms with E-state index in [9.17, 15) is 0 Å². The number of anilines is 1. The smallest absolute Gasteiger partial charge is 0.0941 e. The number of hydrogen-bond acceptors (Lipinski definition) is 2. The molecule has 0 fully saturated rings. The molecule has 1 nitrogen and oxygen atoms in total. The van der Waals surface area contributed by atoms with Crippen LogP contribution in [0.5, 0.6) is 0 Å². The third-order valence-electron chi connectivity index (χ3n) is 4.58. The van der Waals surface area contributed by atoms with Crippen molar-refractivity contribution < 1.29 is 0 Å². The molecule has 2 N–H and O–H groups in total. The van der Waals surface area contributed by atoms with E-state index in [-0.39, 0.29) is 5.41 Å². The summed E-state index contributed by atoms with van der Waals surface area (Å²) in [6.07, 6.45) is 3.67. The van der Waals surface area contributed by atoms with Crippen LogP contribution in [-0.4, -0.2) is 0 Å². The zero-order chi connectivity index (χ0) is 15.2. The van der Waals surface area contributed by atoms with Gasteiger partial charge in [-0.1, -0.05) is 52.0 Å². The van der Waals surface area contributed by atoms with E-state index in [4.69, 9.17) is 5.73 Å². The molecule has 1 heterocycles. The third-order valence-corrected chi connectivity index (χ3v) is 5.66. The van der Waals surface area contributed by atoms with Gasteiger partial charge in [0, 0.05) is 10.4 Å². The molecular weight excluding hydrogens is 274 g/mol. The predicted molar refractivity (Wildman–Crippen MR) is 94.1 cm³/mol. The number of fused-ring (bicyclic) bond motifs is 1. The number of thiophene rings is 1. The van der Waals surface area contributed by atoms with Gasteiger partial charge in [0.05, 0.1) is 5.00 Å². The van der Waals surface area contributed by atoms with Gasteiger partial charge >= 0.3 is 0 Å². The van der Waals surface area contributed by atoms with Gasteiger partial charge in [0.1, 0.15) is 0 Å². The summed E-state index contributed by atoms with van der Waals surface area (Å²) in [5, 5.41) is 0.998. The molecule has 112 valence electrons. The Bertz CT molecular complexity index is 643. The molecule has 0 amide bonds. The quantitative estimate of drug-likeness (QED) is 0.747. The van der Waals surface area contributed by atoms with Crippen LogP contribution in [0.2, 0.25) is 0 Å². The van der Waals surface area contributed by atoms with Gasteiger partial charge in [0.2, 0.25) is 0 Å². The van der Waals surface area contributed by atoms with Crippen LogP contribution in [0.4, 0.5) is 5.00 Å². The minimum Gasteiger partial charge on any atom is -0.390 e. The molecule has 2 aromatic rings. The Hall–Kier alpha value is -1.28. The SMILES string of the molecule is CC1CCc2c(sc(N)c2-c2ccc(C(C)(C)C)cc2)C1. The molecule has 0 radical (unpaired) electrons. The lowest BCUT2D eigenvalue weighted by molar-refractivity contribution is 0.508. The molecule has 21 heavy (non-hydrogen) atoms. The molecular formula is C19H25NS. The highest BCUT2D eigenvalue weighted by molar-refractivity contribution is 7.16. The summed E-state index contributed by atoms with van der Waals surface area (Å²) in [4.78, 5) is 1.51. The van der Waals surface area contributed by atoms with Crippen LogP contribution in [0.1, 0.15) is 50.1 Å². The standard InChI is InChI=1S/C19H25NS/c1-12-5-10-15-16(11-12)21-18(20)17(15)13-6-8-14(9-7-13)19(2,3)4/h6-9,12H,5,10-11,20H2,1-4H3. The van der Waals surface area contributed by atoms with E-state index in [1.165, 1.54) is 46.4 Å². The minimum atomic E-state index is 0.202. The molecule has 0 aliphatic heterocycles. The highest BCUT2D eigenvalue weighted by Crippen LogP contribution is 2.43. The van der Waals surface area contributed by atoms with Crippen LogP contribution < -0.4 is 5.73 Å². The summed E-state index contributed by atoms with van der Waals surface area (Å²) < 4.78 is 0. The topological polar surface area (TPSA) is 26.0 Å². The maximum absolute atomic E-state index is 6.34. The predicted octanol–water partition coefficient (Wildman–Crippen LogP) is 5.42. The first-order valence-electron chi connectivity index (χ1n) is 7.87. The third kappa shape index (κ3) is 2.74. The van der Waals surface area contributed by atoms with Crippen molar-refractivity contribution in [2.75, 3.05) is 5.73 Å². The Balaban J connectivity index is 2.01. The molecule has 1 atom stereocenters. The first-order valence-corrected chi connectivity index (χ1v) is 8.69. The van der Waals surface area contributed by atoms with Crippen LogP contribution in [-0.2, 0) is 18.3 Å². The minimum absolute atomic E-state index is 0.202. The van der Waals surface area contributed by atoms with Gasteiger partial charge in [-0.25, -0.2) is 0 Å². The molecule has 1 aliphatic carbocycles. The number of rotatable bonds is 1. The highest BCUT2D eigenvalue weighted by Gasteiger charge is 2.23. The molecule has 1 unspecified atom stereocenters. The fourth-order valence-electron chi connectivity index (χ4n) is 3.23. The van der Waals surface area contributed by atoms with E-state index < -0.39 is 0 Å². The molecule has 1 aromatic carbocycles. The van der Waals surface area contributed by atoms with Gasteiger partial charge in [0.25, 0.3) is 0 Å². The van der Waals surface area contributed by atoms with E-state index in [0.717, 1.165) is 10.9 Å². The van der Waals surface area contributed by atoms with Crippen LogP contribution in [0.3, 0.4) is 0 Å². The molecule has 3 rings (SSSR count). The Morgan fingerprint density at radius 1 is 1.14 bits per heavy atom. The largest absolute Gasteiger partial charge is 0.390 e. The van der Waals surface area contributed by atoms with E-state index >= 15 is 0 Å². The van der Waals surface area contributed by atoms with Crippen molar-refractivity contribution in [3.8, 4) is 11.1 Å². The van der Waals surface area contributed by atoms with Crippen LogP contribution in [0.25, 0.3) is 11.1 Å². The van der Waals surface area contributed by atoms with Crippen molar-refractivity contribution in [1.82, 2.24) is 0 Å². The Kier molecular flexibility index (Phi) is 3.61. The Labute approximate surface area is 132 Å². The van der Waals surface area contributed by atoms with Crippen molar-refractivity contribution in [2.24, 2.45) is 5.92 Å². The van der Waals surface area contributed by atoms with E-state index in [1.807, 2.05) is 0 Å². The monoisotopic (exact) mass is 299 g/mol. The molecule has 0 spiro atoms. The number of nitrogens with two attached hydrogens (primary N) is 1. The Morgan fingerprint density at radius 3 is 2.43 bits per heavy atom. The van der Waals surface area contributed by atoms with Crippen molar-refractivity contribution in [3.05, 3.63) is 40.3 Å². The van der Waals surface area contributed by atoms with Crippen molar-refractivity contribution in [1.29, 1.82) is 0 Å². The van der Waals surface area contributed by atoms with E-state index in [0.29, 0.717) is 0 Å². The number of hydrogen-bond donors (Lipinski definition) is 1. The normalized spacial score (nSPS) is 18.6. The number of benzene rings is 1. The maximum Gasteiger partial charge on any atom is 0.0941 e. The first kappa shape index (κ1) is 14.6.